The summed E-state index contributed by atoms with van der Waals surface area (Å²) in [5.74, 6) is -0.558. The standard InChI is InChI=1S/C15H20O5/c1-5-18-11-8-10(4)13(15(17)20-7-3)12(9-11)14(16)19-6-2/h8-9H,5-7H2,1-4H3. The number of aryl methyl sites for hydroxylation is 1. The van der Waals surface area contributed by atoms with E-state index in [2.05, 4.69) is 0 Å². The largest absolute Gasteiger partial charge is 0.494 e. The summed E-state index contributed by atoms with van der Waals surface area (Å²) in [7, 11) is 0. The minimum atomic E-state index is -0.555. The van der Waals surface area contributed by atoms with Gasteiger partial charge in [-0.2, -0.15) is 0 Å². The molecule has 0 amide bonds. The van der Waals surface area contributed by atoms with Gasteiger partial charge in [-0.1, -0.05) is 0 Å². The monoisotopic (exact) mass is 280 g/mol. The second-order valence-electron chi connectivity index (χ2n) is 4.04. The second kappa shape index (κ2) is 7.53. The molecule has 0 aromatic heterocycles. The zero-order valence-electron chi connectivity index (χ0n) is 12.3. The molecule has 0 saturated heterocycles. The van der Waals surface area contributed by atoms with Crippen LogP contribution in [0, 0.1) is 6.92 Å². The number of carbonyl (C=O) groups excluding carboxylic acids is 2. The van der Waals surface area contributed by atoms with Crippen LogP contribution in [0.3, 0.4) is 0 Å². The molecule has 1 aromatic carbocycles. The molecule has 0 aliphatic heterocycles. The molecule has 0 unspecified atom stereocenters. The first kappa shape index (κ1) is 16.0. The van der Waals surface area contributed by atoms with E-state index in [0.717, 1.165) is 0 Å². The Bertz CT molecular complexity index is 493. The first-order valence-corrected chi connectivity index (χ1v) is 6.66. The Morgan fingerprint density at radius 1 is 0.950 bits per heavy atom. The minimum absolute atomic E-state index is 0.175. The van der Waals surface area contributed by atoms with Crippen LogP contribution in [0.1, 0.15) is 47.1 Å². The van der Waals surface area contributed by atoms with Crippen molar-refractivity contribution in [1.82, 2.24) is 0 Å². The fraction of sp³-hybridized carbons (Fsp3) is 0.467. The Balaban J connectivity index is 3.31. The van der Waals surface area contributed by atoms with E-state index >= 15 is 0 Å². The molecule has 0 bridgehead atoms. The maximum absolute atomic E-state index is 12.0. The van der Waals surface area contributed by atoms with Crippen molar-refractivity contribution in [3.63, 3.8) is 0 Å². The maximum atomic E-state index is 12.0. The lowest BCUT2D eigenvalue weighted by atomic mass is 10.0. The van der Waals surface area contributed by atoms with E-state index in [9.17, 15) is 9.59 Å². The molecule has 110 valence electrons. The van der Waals surface area contributed by atoms with Crippen molar-refractivity contribution < 1.29 is 23.8 Å². The quantitative estimate of drug-likeness (QED) is 0.750. The Kier molecular flexibility index (Phi) is 6.03. The van der Waals surface area contributed by atoms with Crippen LogP contribution in [-0.2, 0) is 9.47 Å². The maximum Gasteiger partial charge on any atom is 0.339 e. The van der Waals surface area contributed by atoms with Gasteiger partial charge in [0.1, 0.15) is 5.75 Å². The van der Waals surface area contributed by atoms with Crippen molar-refractivity contribution in [2.75, 3.05) is 19.8 Å². The average molecular weight is 280 g/mol. The van der Waals surface area contributed by atoms with Gasteiger partial charge in [0.25, 0.3) is 0 Å². The van der Waals surface area contributed by atoms with Crippen molar-refractivity contribution in [2.45, 2.75) is 27.7 Å². The van der Waals surface area contributed by atoms with E-state index in [-0.39, 0.29) is 24.3 Å². The van der Waals surface area contributed by atoms with Crippen LogP contribution >= 0.6 is 0 Å². The van der Waals surface area contributed by atoms with E-state index in [1.165, 1.54) is 6.07 Å². The summed E-state index contributed by atoms with van der Waals surface area (Å²) in [5, 5.41) is 0. The van der Waals surface area contributed by atoms with Crippen molar-refractivity contribution in [2.24, 2.45) is 0 Å². The lowest BCUT2D eigenvalue weighted by Crippen LogP contribution is -2.16. The fourth-order valence-electron chi connectivity index (χ4n) is 1.85. The summed E-state index contributed by atoms with van der Waals surface area (Å²) in [6.07, 6.45) is 0. The third kappa shape index (κ3) is 3.73. The highest BCUT2D eigenvalue weighted by atomic mass is 16.5. The van der Waals surface area contributed by atoms with Gasteiger partial charge in [-0.05, 0) is 45.4 Å². The summed E-state index contributed by atoms with van der Waals surface area (Å²) in [5.41, 5.74) is 1.03. The highest BCUT2D eigenvalue weighted by molar-refractivity contribution is 6.04. The summed E-state index contributed by atoms with van der Waals surface area (Å²) < 4.78 is 15.4. The molecule has 0 N–H and O–H groups in total. The fourth-order valence-corrected chi connectivity index (χ4v) is 1.85. The van der Waals surface area contributed by atoms with Crippen LogP contribution in [0.4, 0.5) is 0 Å². The normalized spacial score (nSPS) is 10.0. The lowest BCUT2D eigenvalue weighted by Gasteiger charge is -2.13. The van der Waals surface area contributed by atoms with E-state index in [1.807, 2.05) is 6.92 Å². The smallest absolute Gasteiger partial charge is 0.339 e. The van der Waals surface area contributed by atoms with E-state index in [0.29, 0.717) is 17.9 Å². The minimum Gasteiger partial charge on any atom is -0.494 e. The highest BCUT2D eigenvalue weighted by Gasteiger charge is 2.23. The molecule has 0 radical (unpaired) electrons. The van der Waals surface area contributed by atoms with Gasteiger partial charge in [-0.3, -0.25) is 0 Å². The van der Waals surface area contributed by atoms with Crippen LogP contribution < -0.4 is 4.74 Å². The molecule has 20 heavy (non-hydrogen) atoms. The van der Waals surface area contributed by atoms with Gasteiger partial charge >= 0.3 is 11.9 Å². The first-order valence-electron chi connectivity index (χ1n) is 6.66. The van der Waals surface area contributed by atoms with E-state index < -0.39 is 11.9 Å². The van der Waals surface area contributed by atoms with Gasteiger partial charge in [0.05, 0.1) is 30.9 Å². The third-order valence-corrected chi connectivity index (χ3v) is 2.59. The molecule has 0 saturated carbocycles. The number of ether oxygens (including phenoxy) is 3. The van der Waals surface area contributed by atoms with E-state index in [4.69, 9.17) is 14.2 Å². The second-order valence-corrected chi connectivity index (χ2v) is 4.04. The summed E-state index contributed by atoms with van der Waals surface area (Å²) in [6, 6.07) is 3.22. The van der Waals surface area contributed by atoms with Crippen molar-refractivity contribution in [3.05, 3.63) is 28.8 Å². The molecule has 0 spiro atoms. The Labute approximate surface area is 118 Å². The molecular weight excluding hydrogens is 260 g/mol. The van der Waals surface area contributed by atoms with Gasteiger partial charge in [0.15, 0.2) is 0 Å². The zero-order valence-corrected chi connectivity index (χ0v) is 12.3. The molecule has 1 aromatic rings. The van der Waals surface area contributed by atoms with Gasteiger partial charge in [0, 0.05) is 0 Å². The predicted molar refractivity (Wildman–Crippen MR) is 74.3 cm³/mol. The molecule has 0 aliphatic rings. The summed E-state index contributed by atoms with van der Waals surface area (Å²) in [4.78, 5) is 24.0. The third-order valence-electron chi connectivity index (χ3n) is 2.59. The molecular formula is C15H20O5. The zero-order chi connectivity index (χ0) is 15.1. The van der Waals surface area contributed by atoms with Crippen LogP contribution in [-0.4, -0.2) is 31.8 Å². The van der Waals surface area contributed by atoms with Gasteiger partial charge in [-0.25, -0.2) is 9.59 Å². The number of hydrogen-bond acceptors (Lipinski definition) is 5. The number of benzene rings is 1. The van der Waals surface area contributed by atoms with Crippen LogP contribution in [0.2, 0.25) is 0 Å². The molecule has 5 nitrogen and oxygen atoms in total. The Morgan fingerprint density at radius 3 is 2.10 bits per heavy atom. The van der Waals surface area contributed by atoms with Gasteiger partial charge in [-0.15, -0.1) is 0 Å². The number of rotatable bonds is 6. The predicted octanol–water partition coefficient (Wildman–Crippen LogP) is 2.75. The number of esters is 2. The first-order chi connectivity index (χ1) is 9.54. The SMILES string of the molecule is CCOC(=O)c1cc(OCC)cc(C)c1C(=O)OCC. The van der Waals surface area contributed by atoms with Crippen LogP contribution in [0.5, 0.6) is 5.75 Å². The molecule has 0 heterocycles. The average Bonchev–Trinajstić information content (AvgIpc) is 2.38. The van der Waals surface area contributed by atoms with E-state index in [1.54, 1.807) is 26.8 Å². The summed E-state index contributed by atoms with van der Waals surface area (Å²) in [6.45, 7) is 7.95. The topological polar surface area (TPSA) is 61.8 Å². The molecule has 0 atom stereocenters. The molecule has 1 rings (SSSR count). The molecule has 0 fully saturated rings. The Morgan fingerprint density at radius 2 is 1.55 bits per heavy atom. The summed E-state index contributed by atoms with van der Waals surface area (Å²) >= 11 is 0. The Hall–Kier alpha value is -2.04. The van der Waals surface area contributed by atoms with Crippen LogP contribution in [0.25, 0.3) is 0 Å². The number of hydrogen-bond donors (Lipinski definition) is 0. The lowest BCUT2D eigenvalue weighted by molar-refractivity contribution is 0.0477. The molecule has 5 heteroatoms. The van der Waals surface area contributed by atoms with Gasteiger partial charge in [0.2, 0.25) is 0 Å². The van der Waals surface area contributed by atoms with Crippen molar-refractivity contribution >= 4 is 11.9 Å². The van der Waals surface area contributed by atoms with Gasteiger partial charge < -0.3 is 14.2 Å². The van der Waals surface area contributed by atoms with Crippen LogP contribution in [0.15, 0.2) is 12.1 Å². The molecule has 0 aliphatic carbocycles. The highest BCUT2D eigenvalue weighted by Crippen LogP contribution is 2.24. The number of carbonyl (C=O) groups is 2. The van der Waals surface area contributed by atoms with Crippen molar-refractivity contribution in [3.8, 4) is 5.75 Å². The van der Waals surface area contributed by atoms with Crippen molar-refractivity contribution in [1.29, 1.82) is 0 Å².